The molecule has 2 aromatic carbocycles. The van der Waals surface area contributed by atoms with Crippen molar-refractivity contribution in [1.29, 1.82) is 0 Å². The third-order valence-corrected chi connectivity index (χ3v) is 11.6. The molecule has 0 bridgehead atoms. The SMILES string of the molecule is CCCCC(=O)NCC(C)(C)COCC(C)(C)CNC(=O)CCCOc1ccc2c(-c3ccccc3C(=O)OCC(C)C)c3ccc(=O)cc-3oc2c1.O=C1NC2CSCC2N1. The monoisotopic (exact) mass is 872 g/mol. The molecule has 4 aliphatic rings. The van der Waals surface area contributed by atoms with Crippen molar-refractivity contribution >= 4 is 46.5 Å². The summed E-state index contributed by atoms with van der Waals surface area (Å²) in [6.45, 7) is 16.8. The summed E-state index contributed by atoms with van der Waals surface area (Å²) < 4.78 is 23.8. The molecule has 0 radical (unpaired) electrons. The van der Waals surface area contributed by atoms with Crippen LogP contribution in [0, 0.1) is 16.7 Å². The number of nitrogens with one attached hydrogen (secondary N) is 4. The molecule has 13 nitrogen and oxygen atoms in total. The highest BCUT2D eigenvalue weighted by Gasteiger charge is 2.35. The molecule has 62 heavy (non-hydrogen) atoms. The first kappa shape index (κ1) is 48.0. The number of esters is 1. The number of urea groups is 1. The normalized spacial score (nSPS) is 16.0. The van der Waals surface area contributed by atoms with E-state index < -0.39 is 5.97 Å². The molecule has 2 unspecified atom stereocenters. The standard InChI is InChI=1S/C43H56N2O8.C5H8N2OS/c1-8-9-15-38(47)44-25-42(4,5)27-50-28-43(6,7)26-45-39(48)16-12-21-51-31-18-20-35-37(23-31)53-36-22-30(46)17-19-34(36)40(35)32-13-10-11-14-33(32)41(49)52-24-29(2)3;8-5-6-3-1-9-2-4(3)7-5/h10-11,13-14,17-20,22-23,29H,8-9,12,15-16,21,24-28H2,1-7H3,(H,44,47)(H,45,48);3-4H,1-2H2,(H2,6,7,8). The molecule has 4 N–H and O–H groups in total. The van der Waals surface area contributed by atoms with Crippen LogP contribution < -0.4 is 31.4 Å². The van der Waals surface area contributed by atoms with Gasteiger partial charge in [-0.2, -0.15) is 11.8 Å². The van der Waals surface area contributed by atoms with E-state index in [9.17, 15) is 24.0 Å². The molecule has 3 aliphatic heterocycles. The van der Waals surface area contributed by atoms with E-state index in [1.165, 1.54) is 12.1 Å². The maximum absolute atomic E-state index is 13.2. The van der Waals surface area contributed by atoms with Crippen LogP contribution in [0.25, 0.3) is 33.4 Å². The first-order valence-electron chi connectivity index (χ1n) is 21.7. The Labute approximate surface area is 369 Å². The van der Waals surface area contributed by atoms with Crippen molar-refractivity contribution in [2.75, 3.05) is 51.0 Å². The molecule has 2 saturated heterocycles. The van der Waals surface area contributed by atoms with E-state index in [1.54, 1.807) is 24.3 Å². The Balaban J connectivity index is 0.000000705. The lowest BCUT2D eigenvalue weighted by molar-refractivity contribution is -0.122. The second kappa shape index (κ2) is 22.3. The Hall–Kier alpha value is -5.08. The van der Waals surface area contributed by atoms with Crippen molar-refractivity contribution < 1.29 is 37.8 Å². The van der Waals surface area contributed by atoms with E-state index in [0.717, 1.165) is 35.3 Å². The molecule has 0 aromatic heterocycles. The largest absolute Gasteiger partial charge is 0.493 e. The Morgan fingerprint density at radius 3 is 2.13 bits per heavy atom. The number of amides is 4. The molecule has 3 heterocycles. The van der Waals surface area contributed by atoms with E-state index in [0.29, 0.717) is 105 Å². The van der Waals surface area contributed by atoms with Gasteiger partial charge in [-0.1, -0.05) is 73.1 Å². The molecule has 2 aromatic rings. The topological polar surface area (TPSA) is 174 Å². The van der Waals surface area contributed by atoms with Gasteiger partial charge in [-0.3, -0.25) is 14.4 Å². The maximum Gasteiger partial charge on any atom is 0.338 e. The van der Waals surface area contributed by atoms with Crippen molar-refractivity contribution in [3.8, 4) is 28.2 Å². The zero-order chi connectivity index (χ0) is 44.9. The number of rotatable bonds is 20. The molecule has 4 amide bonds. The van der Waals surface area contributed by atoms with E-state index in [2.05, 4.69) is 42.0 Å². The van der Waals surface area contributed by atoms with E-state index in [1.807, 2.05) is 63.7 Å². The number of hydrogen-bond acceptors (Lipinski definition) is 10. The lowest BCUT2D eigenvalue weighted by Crippen LogP contribution is -2.39. The van der Waals surface area contributed by atoms with Crippen molar-refractivity contribution in [3.05, 3.63) is 76.5 Å². The molecule has 14 heteroatoms. The van der Waals surface area contributed by atoms with Gasteiger partial charge < -0.3 is 39.9 Å². The van der Waals surface area contributed by atoms with Crippen LogP contribution >= 0.6 is 11.8 Å². The van der Waals surface area contributed by atoms with Gasteiger partial charge >= 0.3 is 12.0 Å². The van der Waals surface area contributed by atoms with Crippen molar-refractivity contribution in [3.63, 3.8) is 0 Å². The number of hydrogen-bond donors (Lipinski definition) is 4. The minimum Gasteiger partial charge on any atom is -0.493 e. The number of carbonyl (C=O) groups excluding carboxylic acids is 4. The Kier molecular flexibility index (Phi) is 17.3. The van der Waals surface area contributed by atoms with Gasteiger partial charge in [-0.25, -0.2) is 9.59 Å². The zero-order valence-corrected chi connectivity index (χ0v) is 38.1. The van der Waals surface area contributed by atoms with Crippen molar-refractivity contribution in [1.82, 2.24) is 21.3 Å². The highest BCUT2D eigenvalue weighted by atomic mass is 32.2. The summed E-state index contributed by atoms with van der Waals surface area (Å²) in [4.78, 5) is 60.8. The lowest BCUT2D eigenvalue weighted by atomic mass is 9.91. The molecule has 2 fully saturated rings. The summed E-state index contributed by atoms with van der Waals surface area (Å²) in [6.07, 6.45) is 3.23. The fourth-order valence-corrected chi connectivity index (χ4v) is 8.24. The number of thioether (sulfide) groups is 1. The van der Waals surface area contributed by atoms with Crippen LogP contribution in [0.4, 0.5) is 4.79 Å². The second-order valence-corrected chi connectivity index (χ2v) is 19.2. The summed E-state index contributed by atoms with van der Waals surface area (Å²) in [5.41, 5.74) is 2.37. The summed E-state index contributed by atoms with van der Waals surface area (Å²) in [5.74, 6) is 2.87. The van der Waals surface area contributed by atoms with Gasteiger partial charge in [0.15, 0.2) is 5.43 Å². The van der Waals surface area contributed by atoms with Crippen LogP contribution in [-0.4, -0.2) is 86.9 Å². The number of unbranched alkanes of at least 4 members (excludes halogenated alkanes) is 1. The fraction of sp³-hybridized carbons (Fsp3) is 0.521. The maximum atomic E-state index is 13.2. The smallest absolute Gasteiger partial charge is 0.338 e. The average Bonchev–Trinajstić information content (AvgIpc) is 3.82. The van der Waals surface area contributed by atoms with E-state index in [4.69, 9.17) is 18.6 Å². The van der Waals surface area contributed by atoms with Gasteiger partial charge in [-0.15, -0.1) is 0 Å². The third-order valence-electron chi connectivity index (χ3n) is 10.4. The van der Waals surface area contributed by atoms with Gasteiger partial charge in [0.1, 0.15) is 17.1 Å². The van der Waals surface area contributed by atoms with Gasteiger partial charge in [0, 0.05) is 76.9 Å². The molecule has 336 valence electrons. The molecule has 0 saturated carbocycles. The minimum absolute atomic E-state index is 0.00491. The fourth-order valence-electron chi connectivity index (χ4n) is 6.97. The third kappa shape index (κ3) is 14.2. The van der Waals surface area contributed by atoms with E-state index in [-0.39, 0.29) is 40.0 Å². The number of benzene rings is 3. The summed E-state index contributed by atoms with van der Waals surface area (Å²) in [6, 6.07) is 18.2. The highest BCUT2D eigenvalue weighted by molar-refractivity contribution is 7.99. The first-order valence-corrected chi connectivity index (χ1v) is 22.9. The van der Waals surface area contributed by atoms with Crippen LogP contribution in [0.3, 0.4) is 0 Å². The minimum atomic E-state index is -0.419. The molecule has 6 rings (SSSR count). The molecule has 2 atom stereocenters. The Bertz CT molecular complexity index is 2170. The van der Waals surface area contributed by atoms with Crippen LogP contribution in [0.1, 0.15) is 90.9 Å². The number of fused-ring (bicyclic) bond motifs is 3. The average molecular weight is 873 g/mol. The van der Waals surface area contributed by atoms with Crippen molar-refractivity contribution in [2.45, 2.75) is 92.7 Å². The zero-order valence-electron chi connectivity index (χ0n) is 37.3. The van der Waals surface area contributed by atoms with Gasteiger partial charge in [0.25, 0.3) is 0 Å². The Morgan fingerprint density at radius 2 is 1.48 bits per heavy atom. The lowest BCUT2D eigenvalue weighted by Gasteiger charge is -2.29. The van der Waals surface area contributed by atoms with Gasteiger partial charge in [-0.05, 0) is 54.7 Å². The van der Waals surface area contributed by atoms with Gasteiger partial charge in [0.2, 0.25) is 11.8 Å². The predicted octanol–water partition coefficient (Wildman–Crippen LogP) is 7.81. The molecular formula is C48H64N4O9S. The van der Waals surface area contributed by atoms with Gasteiger partial charge in [0.05, 0.1) is 44.1 Å². The number of ether oxygens (including phenoxy) is 3. The van der Waals surface area contributed by atoms with Crippen molar-refractivity contribution in [2.24, 2.45) is 16.7 Å². The summed E-state index contributed by atoms with van der Waals surface area (Å²) >= 11 is 1.89. The van der Waals surface area contributed by atoms with Crippen LogP contribution in [0.2, 0.25) is 0 Å². The van der Waals surface area contributed by atoms with Crippen LogP contribution in [0.5, 0.6) is 5.75 Å². The predicted molar refractivity (Wildman–Crippen MR) is 245 cm³/mol. The summed E-state index contributed by atoms with van der Waals surface area (Å²) in [7, 11) is 0. The summed E-state index contributed by atoms with van der Waals surface area (Å²) in [5, 5.41) is 12.5. The highest BCUT2D eigenvalue weighted by Crippen LogP contribution is 2.42. The van der Waals surface area contributed by atoms with E-state index >= 15 is 0 Å². The molecule has 0 spiro atoms. The number of carbonyl (C=O) groups is 4. The molecular weight excluding hydrogens is 809 g/mol. The molecule has 1 aliphatic carbocycles. The second-order valence-electron chi connectivity index (χ2n) is 18.1. The first-order chi connectivity index (χ1) is 29.5. The Morgan fingerprint density at radius 1 is 0.839 bits per heavy atom. The van der Waals surface area contributed by atoms with Crippen LogP contribution in [-0.2, 0) is 19.1 Å². The quantitative estimate of drug-likeness (QED) is 0.0297. The van der Waals surface area contributed by atoms with Crippen LogP contribution in [0.15, 0.2) is 69.9 Å².